The minimum atomic E-state index is -0.131. The van der Waals surface area contributed by atoms with Gasteiger partial charge in [-0.05, 0) is 13.8 Å². The molecule has 0 unspecified atom stereocenters. The summed E-state index contributed by atoms with van der Waals surface area (Å²) in [6, 6.07) is 0. The van der Waals surface area contributed by atoms with Crippen LogP contribution >= 0.6 is 22.9 Å². The Morgan fingerprint density at radius 1 is 1.25 bits per heavy atom. The summed E-state index contributed by atoms with van der Waals surface area (Å²) < 4.78 is 0. The van der Waals surface area contributed by atoms with Gasteiger partial charge in [0, 0.05) is 15.9 Å². The molecule has 0 bridgehead atoms. The predicted molar refractivity (Wildman–Crippen MR) is 84.7 cm³/mol. The molecule has 0 aliphatic heterocycles. The van der Waals surface area contributed by atoms with Gasteiger partial charge >= 0.3 is 0 Å². The average molecular weight is 311 g/mol. The number of hydrogen-bond donors (Lipinski definition) is 1. The number of aryl methyl sites for hydroxylation is 1. The molecule has 0 saturated carbocycles. The predicted octanol–water partition coefficient (Wildman–Crippen LogP) is 4.11. The lowest BCUT2D eigenvalue weighted by atomic mass is 9.95. The highest BCUT2D eigenvalue weighted by Gasteiger charge is 2.20. The van der Waals surface area contributed by atoms with Gasteiger partial charge in [0.25, 0.3) is 0 Å². The van der Waals surface area contributed by atoms with E-state index in [4.69, 9.17) is 11.6 Å². The quantitative estimate of drug-likeness (QED) is 0.867. The van der Waals surface area contributed by atoms with Crippen LogP contribution in [0.5, 0.6) is 0 Å². The summed E-state index contributed by atoms with van der Waals surface area (Å²) in [5.41, 5.74) is 3.65. The Hall–Kier alpha value is -1.20. The van der Waals surface area contributed by atoms with Crippen molar-refractivity contribution < 1.29 is 0 Å². The highest BCUT2D eigenvalue weighted by molar-refractivity contribution is 7.09. The fourth-order valence-corrected chi connectivity index (χ4v) is 2.54. The van der Waals surface area contributed by atoms with Gasteiger partial charge < -0.3 is 5.32 Å². The summed E-state index contributed by atoms with van der Waals surface area (Å²) in [7, 11) is 0. The van der Waals surface area contributed by atoms with E-state index in [0.29, 0.717) is 11.7 Å². The lowest BCUT2D eigenvalue weighted by Crippen LogP contribution is -2.18. The Bertz CT molecular complexity index is 616. The van der Waals surface area contributed by atoms with Crippen molar-refractivity contribution in [1.29, 1.82) is 0 Å². The van der Waals surface area contributed by atoms with Crippen molar-refractivity contribution in [1.82, 2.24) is 15.0 Å². The van der Waals surface area contributed by atoms with Crippen LogP contribution in [0, 0.1) is 13.8 Å². The van der Waals surface area contributed by atoms with Crippen molar-refractivity contribution in [3.8, 4) is 0 Å². The van der Waals surface area contributed by atoms with Gasteiger partial charge in [0.15, 0.2) is 0 Å². The molecule has 1 N–H and O–H groups in total. The number of rotatable bonds is 3. The zero-order valence-electron chi connectivity index (χ0n) is 12.4. The highest BCUT2D eigenvalue weighted by atomic mass is 35.5. The number of anilines is 1. The first-order valence-electron chi connectivity index (χ1n) is 6.46. The summed E-state index contributed by atoms with van der Waals surface area (Å²) in [6.07, 6.45) is 0. The first-order chi connectivity index (χ1) is 9.29. The molecular weight excluding hydrogens is 292 g/mol. The van der Waals surface area contributed by atoms with E-state index >= 15 is 0 Å². The van der Waals surface area contributed by atoms with Crippen LogP contribution in [-0.2, 0) is 12.0 Å². The van der Waals surface area contributed by atoms with Crippen LogP contribution in [0.3, 0.4) is 0 Å². The molecule has 108 valence electrons. The molecule has 0 amide bonds. The molecule has 2 heterocycles. The second kappa shape index (κ2) is 5.66. The van der Waals surface area contributed by atoms with Gasteiger partial charge in [0.05, 0.1) is 17.7 Å². The smallest absolute Gasteiger partial charge is 0.137 e. The van der Waals surface area contributed by atoms with Gasteiger partial charge in [0.1, 0.15) is 16.8 Å². The average Bonchev–Trinajstić information content (AvgIpc) is 2.75. The molecule has 2 rings (SSSR count). The first kappa shape index (κ1) is 15.2. The maximum atomic E-state index is 6.22. The Kier molecular flexibility index (Phi) is 4.30. The van der Waals surface area contributed by atoms with Crippen molar-refractivity contribution in [3.05, 3.63) is 32.6 Å². The molecular formula is C14H19ClN4S. The van der Waals surface area contributed by atoms with Gasteiger partial charge in [-0.2, -0.15) is 0 Å². The number of nitrogens with zero attached hydrogens (tertiary/aromatic N) is 3. The number of halogens is 1. The molecule has 0 atom stereocenters. The van der Waals surface area contributed by atoms with Gasteiger partial charge in [-0.25, -0.2) is 15.0 Å². The van der Waals surface area contributed by atoms with Crippen LogP contribution in [0.1, 0.15) is 42.7 Å². The zero-order valence-corrected chi connectivity index (χ0v) is 14.0. The molecule has 20 heavy (non-hydrogen) atoms. The topological polar surface area (TPSA) is 50.7 Å². The lowest BCUT2D eigenvalue weighted by molar-refractivity contribution is 0.545. The fraction of sp³-hybridized carbons (Fsp3) is 0.500. The Balaban J connectivity index is 2.27. The number of thiazole rings is 1. The fourth-order valence-electron chi connectivity index (χ4n) is 1.66. The molecule has 2 aromatic heterocycles. The number of aromatic nitrogens is 3. The van der Waals surface area contributed by atoms with E-state index in [2.05, 4.69) is 41.0 Å². The molecule has 0 fully saturated rings. The summed E-state index contributed by atoms with van der Waals surface area (Å²) in [5, 5.41) is 3.85. The van der Waals surface area contributed by atoms with E-state index in [1.54, 1.807) is 11.3 Å². The van der Waals surface area contributed by atoms with Crippen molar-refractivity contribution in [2.24, 2.45) is 0 Å². The molecule has 4 nitrogen and oxygen atoms in total. The van der Waals surface area contributed by atoms with E-state index < -0.39 is 0 Å². The van der Waals surface area contributed by atoms with Crippen molar-refractivity contribution in [2.75, 3.05) is 5.32 Å². The molecule has 0 spiro atoms. The van der Waals surface area contributed by atoms with Crippen LogP contribution in [0.25, 0.3) is 0 Å². The zero-order chi connectivity index (χ0) is 14.9. The lowest BCUT2D eigenvalue weighted by Gasteiger charge is -2.19. The molecule has 2 aromatic rings. The van der Waals surface area contributed by atoms with Crippen molar-refractivity contribution >= 4 is 28.8 Å². The first-order valence-corrected chi connectivity index (χ1v) is 7.72. The maximum absolute atomic E-state index is 6.22. The van der Waals surface area contributed by atoms with E-state index in [1.165, 1.54) is 4.88 Å². The van der Waals surface area contributed by atoms with Gasteiger partial charge in [0.2, 0.25) is 0 Å². The third kappa shape index (κ3) is 3.27. The standard InChI is InChI=1S/C14H19ClN4S/c1-8-11(15)18-13(14(3,4)5)19-12(8)16-6-10-9(2)17-7-20-10/h7H,6H2,1-5H3,(H,16,18,19). The van der Waals surface area contributed by atoms with Crippen LogP contribution < -0.4 is 5.32 Å². The number of nitrogens with one attached hydrogen (secondary N) is 1. The summed E-state index contributed by atoms with van der Waals surface area (Å²) in [6.45, 7) is 10.9. The van der Waals surface area contributed by atoms with Gasteiger partial charge in [-0.1, -0.05) is 32.4 Å². The van der Waals surface area contributed by atoms with E-state index in [0.717, 1.165) is 22.9 Å². The van der Waals surface area contributed by atoms with Gasteiger partial charge in [-0.15, -0.1) is 11.3 Å². The third-order valence-corrected chi connectivity index (χ3v) is 4.32. The van der Waals surface area contributed by atoms with Crippen molar-refractivity contribution in [2.45, 2.75) is 46.6 Å². The SMILES string of the molecule is Cc1ncsc1CNc1nc(C(C)(C)C)nc(Cl)c1C. The third-order valence-electron chi connectivity index (χ3n) is 3.02. The van der Waals surface area contributed by atoms with E-state index in [-0.39, 0.29) is 5.41 Å². The molecule has 0 aliphatic carbocycles. The highest BCUT2D eigenvalue weighted by Crippen LogP contribution is 2.26. The van der Waals surface area contributed by atoms with Crippen LogP contribution in [0.15, 0.2) is 5.51 Å². The monoisotopic (exact) mass is 310 g/mol. The second-order valence-electron chi connectivity index (χ2n) is 5.78. The van der Waals surface area contributed by atoms with Crippen LogP contribution in [0.4, 0.5) is 5.82 Å². The summed E-state index contributed by atoms with van der Waals surface area (Å²) >= 11 is 7.85. The molecule has 0 aliphatic rings. The molecule has 0 saturated heterocycles. The Morgan fingerprint density at radius 3 is 2.50 bits per heavy atom. The van der Waals surface area contributed by atoms with Crippen LogP contribution in [-0.4, -0.2) is 15.0 Å². The summed E-state index contributed by atoms with van der Waals surface area (Å²) in [4.78, 5) is 14.4. The normalized spacial score (nSPS) is 11.7. The molecule has 0 radical (unpaired) electrons. The maximum Gasteiger partial charge on any atom is 0.137 e. The minimum absolute atomic E-state index is 0.131. The minimum Gasteiger partial charge on any atom is -0.365 e. The molecule has 6 heteroatoms. The summed E-state index contributed by atoms with van der Waals surface area (Å²) in [5.74, 6) is 1.54. The van der Waals surface area contributed by atoms with E-state index in [9.17, 15) is 0 Å². The van der Waals surface area contributed by atoms with Crippen LogP contribution in [0.2, 0.25) is 5.15 Å². The van der Waals surface area contributed by atoms with E-state index in [1.807, 2.05) is 19.4 Å². The Labute approximate surface area is 128 Å². The Morgan fingerprint density at radius 2 is 1.95 bits per heavy atom. The molecule has 0 aromatic carbocycles. The number of hydrogen-bond acceptors (Lipinski definition) is 5. The largest absolute Gasteiger partial charge is 0.365 e. The van der Waals surface area contributed by atoms with Gasteiger partial charge in [-0.3, -0.25) is 0 Å². The second-order valence-corrected chi connectivity index (χ2v) is 7.07. The van der Waals surface area contributed by atoms with Crippen molar-refractivity contribution in [3.63, 3.8) is 0 Å².